The summed E-state index contributed by atoms with van der Waals surface area (Å²) in [5.74, 6) is 0.231. The van der Waals surface area contributed by atoms with Crippen LogP contribution in [0.3, 0.4) is 0 Å². The van der Waals surface area contributed by atoms with Crippen molar-refractivity contribution in [1.29, 1.82) is 0 Å². The summed E-state index contributed by atoms with van der Waals surface area (Å²) in [4.78, 5) is 14.3. The van der Waals surface area contributed by atoms with Crippen LogP contribution in [-0.4, -0.2) is 25.5 Å². The van der Waals surface area contributed by atoms with E-state index in [9.17, 15) is 9.18 Å². The van der Waals surface area contributed by atoms with Crippen LogP contribution in [0.4, 0.5) is 15.8 Å². The molecule has 1 heterocycles. The maximum absolute atomic E-state index is 13.0. The molecule has 0 spiro atoms. The highest BCUT2D eigenvalue weighted by atomic mass is 35.5. The lowest BCUT2D eigenvalue weighted by Gasteiger charge is -2.18. The van der Waals surface area contributed by atoms with E-state index in [0.717, 1.165) is 30.8 Å². The van der Waals surface area contributed by atoms with Crippen LogP contribution in [0.5, 0.6) is 0 Å². The molecule has 1 fully saturated rings. The molecule has 1 unspecified atom stereocenters. The van der Waals surface area contributed by atoms with Gasteiger partial charge >= 0.3 is 0 Å². The molecule has 0 saturated carbocycles. The van der Waals surface area contributed by atoms with Gasteiger partial charge in [0.25, 0.3) is 0 Å². The number of anilines is 2. The van der Waals surface area contributed by atoms with Crippen LogP contribution < -0.4 is 16.0 Å². The zero-order valence-electron chi connectivity index (χ0n) is 14.4. The number of benzene rings is 2. The van der Waals surface area contributed by atoms with Crippen molar-refractivity contribution in [1.82, 2.24) is 5.32 Å². The molecule has 2 aromatic carbocycles. The van der Waals surface area contributed by atoms with Crippen LogP contribution in [0.1, 0.15) is 12.0 Å². The molecule has 0 aromatic heterocycles. The fourth-order valence-electron chi connectivity index (χ4n) is 3.03. The van der Waals surface area contributed by atoms with Crippen molar-refractivity contribution in [2.24, 2.45) is 5.92 Å². The van der Waals surface area contributed by atoms with Crippen molar-refractivity contribution in [3.8, 4) is 0 Å². The second-order valence-corrected chi connectivity index (χ2v) is 6.30. The first-order valence-corrected chi connectivity index (χ1v) is 8.22. The number of nitrogens with two attached hydrogens (primary N) is 1. The number of hydrogen-bond donors (Lipinski definition) is 2. The number of rotatable bonds is 5. The fraction of sp³-hybridized carbons (Fsp3) is 0.316. The largest absolute Gasteiger partial charge is 0.399 e. The molecule has 0 radical (unpaired) electrons. The van der Waals surface area contributed by atoms with E-state index < -0.39 is 0 Å². The van der Waals surface area contributed by atoms with Gasteiger partial charge in [-0.25, -0.2) is 4.39 Å². The highest BCUT2D eigenvalue weighted by molar-refractivity contribution is 5.85. The van der Waals surface area contributed by atoms with Crippen molar-refractivity contribution in [3.05, 3.63) is 59.9 Å². The minimum atomic E-state index is -0.218. The molecule has 1 saturated heterocycles. The molecule has 1 aliphatic heterocycles. The Labute approximate surface area is 165 Å². The summed E-state index contributed by atoms with van der Waals surface area (Å²) in [7, 11) is 0. The Kier molecular flexibility index (Phi) is 8.69. The third-order valence-electron chi connectivity index (χ3n) is 4.41. The van der Waals surface area contributed by atoms with E-state index in [1.807, 2.05) is 12.1 Å². The van der Waals surface area contributed by atoms with Gasteiger partial charge in [0.05, 0.1) is 6.42 Å². The number of amides is 1. The van der Waals surface area contributed by atoms with Gasteiger partial charge in [-0.2, -0.15) is 0 Å². The second kappa shape index (κ2) is 10.2. The highest BCUT2D eigenvalue weighted by Gasteiger charge is 2.23. The van der Waals surface area contributed by atoms with Gasteiger partial charge in [0.15, 0.2) is 0 Å². The van der Waals surface area contributed by atoms with Gasteiger partial charge in [-0.15, -0.1) is 24.8 Å². The molecule has 7 heteroatoms. The summed E-state index contributed by atoms with van der Waals surface area (Å²) in [6.45, 7) is 2.49. The number of carbonyl (C=O) groups excluding carboxylic acids is 1. The molecular weight excluding hydrogens is 376 g/mol. The molecule has 3 N–H and O–H groups in total. The predicted octanol–water partition coefficient (Wildman–Crippen LogP) is 3.44. The van der Waals surface area contributed by atoms with Crippen LogP contribution >= 0.6 is 24.8 Å². The Balaban J connectivity index is 0.00000169. The summed E-state index contributed by atoms with van der Waals surface area (Å²) >= 11 is 0. The maximum Gasteiger partial charge on any atom is 0.224 e. The molecule has 1 amide bonds. The monoisotopic (exact) mass is 399 g/mol. The molecular formula is C19H24Cl2FN3O. The molecule has 4 nitrogen and oxygen atoms in total. The molecule has 26 heavy (non-hydrogen) atoms. The molecule has 0 bridgehead atoms. The Morgan fingerprint density at radius 3 is 2.42 bits per heavy atom. The van der Waals surface area contributed by atoms with Crippen LogP contribution in [0, 0.1) is 11.7 Å². The maximum atomic E-state index is 13.0. The summed E-state index contributed by atoms with van der Waals surface area (Å²) in [5.41, 5.74) is 8.34. The van der Waals surface area contributed by atoms with Crippen molar-refractivity contribution in [3.63, 3.8) is 0 Å². The van der Waals surface area contributed by atoms with Gasteiger partial charge < -0.3 is 16.0 Å². The first-order valence-electron chi connectivity index (χ1n) is 8.22. The number of nitrogens with zero attached hydrogens (tertiary/aromatic N) is 1. The van der Waals surface area contributed by atoms with Crippen LogP contribution in [0.25, 0.3) is 0 Å². The minimum Gasteiger partial charge on any atom is -0.399 e. The van der Waals surface area contributed by atoms with Crippen molar-refractivity contribution in [2.75, 3.05) is 30.3 Å². The van der Waals surface area contributed by atoms with Gasteiger partial charge in [0.2, 0.25) is 5.91 Å². The molecule has 2 aromatic rings. The minimum absolute atomic E-state index is 0. The quantitative estimate of drug-likeness (QED) is 0.757. The lowest BCUT2D eigenvalue weighted by atomic mass is 10.1. The normalized spacial score (nSPS) is 15.7. The molecule has 1 atom stereocenters. The lowest BCUT2D eigenvalue weighted by molar-refractivity contribution is -0.120. The standard InChI is InChI=1S/C19H22FN3O.2ClH/c20-16-3-7-18(8-4-16)23-10-9-15(13-23)12-22-19(24)11-14-1-5-17(21)6-2-14;;/h1-8,15H,9-13,21H2,(H,22,24);2*1H. The van der Waals surface area contributed by atoms with Crippen molar-refractivity contribution >= 4 is 42.1 Å². The number of halogens is 3. The average molecular weight is 400 g/mol. The van der Waals surface area contributed by atoms with E-state index in [4.69, 9.17) is 5.73 Å². The number of nitrogens with one attached hydrogen (secondary N) is 1. The van der Waals surface area contributed by atoms with E-state index in [-0.39, 0.29) is 36.5 Å². The smallest absolute Gasteiger partial charge is 0.224 e. The third kappa shape index (κ3) is 6.07. The Morgan fingerprint density at radius 1 is 1.12 bits per heavy atom. The zero-order chi connectivity index (χ0) is 16.9. The van der Waals surface area contributed by atoms with Crippen LogP contribution in [0.2, 0.25) is 0 Å². The molecule has 3 rings (SSSR count). The summed E-state index contributed by atoms with van der Waals surface area (Å²) in [5, 5.41) is 3.01. The number of carbonyl (C=O) groups is 1. The zero-order valence-corrected chi connectivity index (χ0v) is 16.0. The first-order chi connectivity index (χ1) is 11.6. The first kappa shape index (κ1) is 22.1. The summed E-state index contributed by atoms with van der Waals surface area (Å²) in [6.07, 6.45) is 1.40. The van der Waals surface area contributed by atoms with Crippen LogP contribution in [0.15, 0.2) is 48.5 Å². The van der Waals surface area contributed by atoms with Crippen molar-refractivity contribution in [2.45, 2.75) is 12.8 Å². The van der Waals surface area contributed by atoms with E-state index in [2.05, 4.69) is 10.2 Å². The highest BCUT2D eigenvalue weighted by Crippen LogP contribution is 2.23. The number of hydrogen-bond acceptors (Lipinski definition) is 3. The van der Waals surface area contributed by atoms with Gasteiger partial charge in [-0.3, -0.25) is 4.79 Å². The second-order valence-electron chi connectivity index (χ2n) is 6.30. The SMILES string of the molecule is Cl.Cl.Nc1ccc(CC(=O)NCC2CCN(c3ccc(F)cc3)C2)cc1. The van der Waals surface area contributed by atoms with E-state index in [1.54, 1.807) is 24.3 Å². The van der Waals surface area contributed by atoms with E-state index in [1.165, 1.54) is 12.1 Å². The third-order valence-corrected chi connectivity index (χ3v) is 4.41. The van der Waals surface area contributed by atoms with Gasteiger partial charge in [0, 0.05) is 31.0 Å². The summed E-state index contributed by atoms with van der Waals surface area (Å²) < 4.78 is 13.0. The molecule has 142 valence electrons. The fourth-order valence-corrected chi connectivity index (χ4v) is 3.03. The lowest BCUT2D eigenvalue weighted by Crippen LogP contribution is -2.32. The average Bonchev–Trinajstić information content (AvgIpc) is 3.05. The molecule has 0 aliphatic carbocycles. The topological polar surface area (TPSA) is 58.4 Å². The van der Waals surface area contributed by atoms with E-state index >= 15 is 0 Å². The number of nitrogen functional groups attached to an aromatic ring is 1. The van der Waals surface area contributed by atoms with E-state index in [0.29, 0.717) is 24.6 Å². The Hall–Kier alpha value is -1.98. The van der Waals surface area contributed by atoms with Crippen LogP contribution in [-0.2, 0) is 11.2 Å². The van der Waals surface area contributed by atoms with Gasteiger partial charge in [-0.1, -0.05) is 12.1 Å². The van der Waals surface area contributed by atoms with Gasteiger partial charge in [0.1, 0.15) is 5.82 Å². The predicted molar refractivity (Wildman–Crippen MR) is 109 cm³/mol. The van der Waals surface area contributed by atoms with Gasteiger partial charge in [-0.05, 0) is 54.3 Å². The van der Waals surface area contributed by atoms with Crippen molar-refractivity contribution < 1.29 is 9.18 Å². The Morgan fingerprint density at radius 2 is 1.77 bits per heavy atom. The Bertz CT molecular complexity index is 695. The molecule has 1 aliphatic rings. The summed E-state index contributed by atoms with van der Waals surface area (Å²) in [6, 6.07) is 13.9.